The average Bonchev–Trinajstić information content (AvgIpc) is 3.25. The molecular formula is C24H19N5O3S. The highest BCUT2D eigenvalue weighted by Gasteiger charge is 2.30. The largest absolute Gasteiger partial charge is 0.486 e. The molecule has 33 heavy (non-hydrogen) atoms. The number of ether oxygens (including phenoxy) is 1. The Kier molecular flexibility index (Phi) is 5.62. The van der Waals surface area contributed by atoms with Crippen LogP contribution < -0.4 is 4.74 Å². The molecular weight excluding hydrogens is 438 g/mol. The Bertz CT molecular complexity index is 1320. The third-order valence-corrected chi connectivity index (χ3v) is 6.42. The molecule has 0 saturated heterocycles. The number of aryl methyl sites for hydroxylation is 1. The van der Waals surface area contributed by atoms with E-state index in [4.69, 9.17) is 9.84 Å². The molecule has 9 heteroatoms. The van der Waals surface area contributed by atoms with E-state index in [0.717, 1.165) is 28.2 Å². The minimum atomic E-state index is -0.402. The Morgan fingerprint density at radius 1 is 1.00 bits per heavy atom. The predicted octanol–water partition coefficient (Wildman–Crippen LogP) is 5.17. The first kappa shape index (κ1) is 20.9. The van der Waals surface area contributed by atoms with Crippen molar-refractivity contribution in [3.8, 4) is 5.75 Å². The number of nitrogens with zero attached hydrogens (tertiary/aromatic N) is 5. The summed E-state index contributed by atoms with van der Waals surface area (Å²) >= 11 is 1.50. The van der Waals surface area contributed by atoms with Crippen LogP contribution >= 0.6 is 11.8 Å². The monoisotopic (exact) mass is 457 g/mol. The average molecular weight is 458 g/mol. The van der Waals surface area contributed by atoms with E-state index in [2.05, 4.69) is 10.2 Å². The quantitative estimate of drug-likeness (QED) is 0.293. The van der Waals surface area contributed by atoms with Crippen LogP contribution in [0.1, 0.15) is 27.8 Å². The van der Waals surface area contributed by atoms with Gasteiger partial charge in [-0.2, -0.15) is 9.78 Å². The zero-order valence-corrected chi connectivity index (χ0v) is 18.5. The summed E-state index contributed by atoms with van der Waals surface area (Å²) in [4.78, 5) is 10.7. The van der Waals surface area contributed by atoms with E-state index < -0.39 is 4.92 Å². The van der Waals surface area contributed by atoms with Gasteiger partial charge >= 0.3 is 0 Å². The molecule has 1 aromatic heterocycles. The lowest BCUT2D eigenvalue weighted by molar-refractivity contribution is -0.384. The summed E-state index contributed by atoms with van der Waals surface area (Å²) in [6, 6.07) is 24.2. The Morgan fingerprint density at radius 2 is 1.73 bits per heavy atom. The standard InChI is InChI=1S/C24H19N5O3S/c1-16-7-13-20(14-8-16)32-15-21-25-26-24-28(21)27-22(17-5-3-2-4-6-17)23(33-24)18-9-11-19(12-10-18)29(30)31/h2-14,23H,15H2,1H3/t23-/m1/s1. The zero-order valence-electron chi connectivity index (χ0n) is 17.7. The molecule has 0 radical (unpaired) electrons. The summed E-state index contributed by atoms with van der Waals surface area (Å²) in [7, 11) is 0. The Labute approximate surface area is 194 Å². The molecule has 4 aromatic rings. The number of hydrogen-bond acceptors (Lipinski definition) is 7. The number of nitro benzene ring substituents is 1. The van der Waals surface area contributed by atoms with Gasteiger partial charge in [-0.1, -0.05) is 71.9 Å². The number of non-ortho nitro benzene ring substituents is 1. The van der Waals surface area contributed by atoms with Crippen LogP contribution in [-0.2, 0) is 6.61 Å². The molecule has 1 aliphatic rings. The van der Waals surface area contributed by atoms with Gasteiger partial charge in [0.05, 0.1) is 15.9 Å². The van der Waals surface area contributed by atoms with E-state index in [1.54, 1.807) is 16.8 Å². The molecule has 3 aromatic carbocycles. The van der Waals surface area contributed by atoms with Gasteiger partial charge in [0.15, 0.2) is 5.82 Å². The Balaban J connectivity index is 1.49. The van der Waals surface area contributed by atoms with Gasteiger partial charge in [-0.25, -0.2) is 0 Å². The lowest BCUT2D eigenvalue weighted by Gasteiger charge is -2.23. The van der Waals surface area contributed by atoms with Crippen LogP contribution in [0.2, 0.25) is 0 Å². The van der Waals surface area contributed by atoms with Crippen LogP contribution in [0.25, 0.3) is 0 Å². The molecule has 1 aliphatic heterocycles. The highest BCUT2D eigenvalue weighted by Crippen LogP contribution is 2.41. The number of rotatable bonds is 6. The van der Waals surface area contributed by atoms with E-state index >= 15 is 0 Å². The topological polar surface area (TPSA) is 95.4 Å². The minimum absolute atomic E-state index is 0.0523. The first-order chi connectivity index (χ1) is 16.1. The number of thioether (sulfide) groups is 1. The molecule has 2 heterocycles. The maximum Gasteiger partial charge on any atom is 0.269 e. The van der Waals surface area contributed by atoms with Gasteiger partial charge in [0.25, 0.3) is 5.69 Å². The summed E-state index contributed by atoms with van der Waals surface area (Å²) in [5, 5.41) is 25.0. The van der Waals surface area contributed by atoms with Gasteiger partial charge in [0, 0.05) is 12.1 Å². The second kappa shape index (κ2) is 8.87. The summed E-state index contributed by atoms with van der Waals surface area (Å²) < 4.78 is 7.61. The van der Waals surface area contributed by atoms with Crippen molar-refractivity contribution in [3.63, 3.8) is 0 Å². The van der Waals surface area contributed by atoms with Crippen molar-refractivity contribution >= 4 is 23.2 Å². The number of nitro groups is 1. The third kappa shape index (κ3) is 4.35. The predicted molar refractivity (Wildman–Crippen MR) is 126 cm³/mol. The van der Waals surface area contributed by atoms with Crippen LogP contribution in [0.5, 0.6) is 5.75 Å². The van der Waals surface area contributed by atoms with Gasteiger partial charge in [-0.05, 0) is 30.2 Å². The molecule has 1 atom stereocenters. The molecule has 164 valence electrons. The fourth-order valence-electron chi connectivity index (χ4n) is 3.48. The summed E-state index contributed by atoms with van der Waals surface area (Å²) in [5.74, 6) is 1.34. The van der Waals surface area contributed by atoms with Crippen molar-refractivity contribution in [3.05, 3.63) is 111 Å². The molecule has 0 bridgehead atoms. The SMILES string of the molecule is Cc1ccc(OCc2nnc3n2N=C(c2ccccc2)[C@@H](c2ccc([N+](=O)[O-])cc2)S3)cc1. The fraction of sp³-hybridized carbons (Fsp3) is 0.125. The minimum Gasteiger partial charge on any atom is -0.486 e. The molecule has 0 spiro atoms. The fourth-order valence-corrected chi connectivity index (χ4v) is 4.61. The van der Waals surface area contributed by atoms with Gasteiger partial charge in [0.2, 0.25) is 5.16 Å². The van der Waals surface area contributed by atoms with Crippen molar-refractivity contribution in [2.45, 2.75) is 23.9 Å². The molecule has 8 nitrogen and oxygen atoms in total. The lowest BCUT2D eigenvalue weighted by Crippen LogP contribution is -2.19. The molecule has 0 amide bonds. The van der Waals surface area contributed by atoms with Crippen molar-refractivity contribution in [1.82, 2.24) is 14.9 Å². The smallest absolute Gasteiger partial charge is 0.269 e. The first-order valence-corrected chi connectivity index (χ1v) is 11.2. The summed E-state index contributed by atoms with van der Waals surface area (Å²) in [6.45, 7) is 2.25. The molecule has 5 rings (SSSR count). The zero-order chi connectivity index (χ0) is 22.8. The molecule has 0 fully saturated rings. The van der Waals surface area contributed by atoms with Gasteiger partial charge in [0.1, 0.15) is 12.4 Å². The van der Waals surface area contributed by atoms with Crippen molar-refractivity contribution in [1.29, 1.82) is 0 Å². The van der Waals surface area contributed by atoms with Crippen LogP contribution in [0.15, 0.2) is 89.1 Å². The van der Waals surface area contributed by atoms with Crippen LogP contribution in [-0.4, -0.2) is 25.5 Å². The number of benzene rings is 3. The lowest BCUT2D eigenvalue weighted by atomic mass is 10.0. The third-order valence-electron chi connectivity index (χ3n) is 5.22. The van der Waals surface area contributed by atoms with Crippen molar-refractivity contribution in [2.24, 2.45) is 5.10 Å². The summed E-state index contributed by atoms with van der Waals surface area (Å²) in [6.07, 6.45) is 0. The van der Waals surface area contributed by atoms with E-state index in [1.165, 1.54) is 23.9 Å². The second-order valence-electron chi connectivity index (χ2n) is 7.51. The molecule has 0 unspecified atom stereocenters. The maximum atomic E-state index is 11.1. The van der Waals surface area contributed by atoms with Crippen LogP contribution in [0, 0.1) is 17.0 Å². The Morgan fingerprint density at radius 3 is 2.42 bits per heavy atom. The highest BCUT2D eigenvalue weighted by atomic mass is 32.2. The van der Waals surface area contributed by atoms with Crippen molar-refractivity contribution < 1.29 is 9.66 Å². The molecule has 0 aliphatic carbocycles. The van der Waals surface area contributed by atoms with Gasteiger partial charge in [-0.3, -0.25) is 10.1 Å². The summed E-state index contributed by atoms with van der Waals surface area (Å²) in [5.41, 5.74) is 3.89. The van der Waals surface area contributed by atoms with Gasteiger partial charge < -0.3 is 4.74 Å². The number of aromatic nitrogens is 3. The maximum absolute atomic E-state index is 11.1. The van der Waals surface area contributed by atoms with Crippen molar-refractivity contribution in [2.75, 3.05) is 0 Å². The van der Waals surface area contributed by atoms with E-state index in [1.807, 2.05) is 61.5 Å². The number of fused-ring (bicyclic) bond motifs is 1. The first-order valence-electron chi connectivity index (χ1n) is 10.3. The highest BCUT2D eigenvalue weighted by molar-refractivity contribution is 8.00. The van der Waals surface area contributed by atoms with Crippen LogP contribution in [0.4, 0.5) is 5.69 Å². The Hall–Kier alpha value is -3.98. The normalized spacial score (nSPS) is 14.9. The van der Waals surface area contributed by atoms with E-state index in [-0.39, 0.29) is 17.5 Å². The van der Waals surface area contributed by atoms with Gasteiger partial charge in [-0.15, -0.1) is 10.2 Å². The second-order valence-corrected chi connectivity index (χ2v) is 8.58. The molecule has 0 saturated carbocycles. The van der Waals surface area contributed by atoms with Crippen LogP contribution in [0.3, 0.4) is 0 Å². The number of hydrogen-bond donors (Lipinski definition) is 0. The molecule has 0 N–H and O–H groups in total. The van der Waals surface area contributed by atoms with E-state index in [9.17, 15) is 10.1 Å². The van der Waals surface area contributed by atoms with E-state index in [0.29, 0.717) is 11.0 Å².